The third kappa shape index (κ3) is 10.4. The molecule has 59 heavy (non-hydrogen) atoms. The van der Waals surface area contributed by atoms with Crippen LogP contribution in [0.25, 0.3) is 22.8 Å². The van der Waals surface area contributed by atoms with Crippen LogP contribution in [0.15, 0.2) is 94.7 Å². The summed E-state index contributed by atoms with van der Waals surface area (Å²) in [5.74, 6) is 2.72. The molecular weight excluding hydrogens is 898 g/mol. The van der Waals surface area contributed by atoms with E-state index < -0.39 is 20.0 Å². The van der Waals surface area contributed by atoms with Crippen LogP contribution in [-0.2, 0) is 57.8 Å². The van der Waals surface area contributed by atoms with Gasteiger partial charge >= 0.3 is 0 Å². The van der Waals surface area contributed by atoms with Crippen LogP contribution in [0.3, 0.4) is 0 Å². The fourth-order valence-electron chi connectivity index (χ4n) is 6.16. The number of anilines is 2. The third-order valence-electron chi connectivity index (χ3n) is 9.72. The predicted octanol–water partition coefficient (Wildman–Crippen LogP) is 8.76. The van der Waals surface area contributed by atoms with E-state index in [9.17, 15) is 22.1 Å². The van der Waals surface area contributed by atoms with Crippen LogP contribution in [0.4, 0.5) is 11.4 Å². The minimum atomic E-state index is -3.83. The van der Waals surface area contributed by atoms with E-state index in [1.165, 1.54) is 0 Å². The van der Waals surface area contributed by atoms with Gasteiger partial charge in [0, 0.05) is 41.6 Å². The molecule has 0 atom stereocenters. The molecule has 0 saturated carbocycles. The number of hydrogen-bond acceptors (Lipinski definition) is 9. The van der Waals surface area contributed by atoms with Gasteiger partial charge in [0.05, 0.1) is 32.8 Å². The molecule has 2 heterocycles. The summed E-state index contributed by atoms with van der Waals surface area (Å²) >= 11 is 2.20. The Balaban J connectivity index is 0.000000224. The summed E-state index contributed by atoms with van der Waals surface area (Å²) in [6.07, 6.45) is 1.43. The maximum Gasteiger partial charge on any atom is 0.261 e. The van der Waals surface area contributed by atoms with Crippen LogP contribution < -0.4 is 9.44 Å². The fraction of sp³-hybridized carbons (Fsp3) is 0.326. The largest absolute Gasteiger partial charge is 0.314 e. The Morgan fingerprint density at radius 1 is 0.610 bits per heavy atom. The number of hydrogen-bond donors (Lipinski definition) is 2. The summed E-state index contributed by atoms with van der Waals surface area (Å²) in [6.45, 7) is 16.5. The zero-order valence-corrected chi connectivity index (χ0v) is 38.7. The molecule has 6 aromatic rings. The topological polar surface area (TPSA) is 178 Å². The van der Waals surface area contributed by atoms with Crippen molar-refractivity contribution in [3.8, 4) is 28.8 Å². The molecule has 0 amide bonds. The first-order valence-corrected chi connectivity index (χ1v) is 23.0. The van der Waals surface area contributed by atoms with E-state index >= 15 is 0 Å². The van der Waals surface area contributed by atoms with E-state index in [4.69, 9.17) is 0 Å². The van der Waals surface area contributed by atoms with Gasteiger partial charge in [-0.3, -0.25) is 9.44 Å². The minimum Gasteiger partial charge on any atom is -0.314 e. The van der Waals surface area contributed by atoms with Gasteiger partial charge in [0.25, 0.3) is 20.0 Å². The van der Waals surface area contributed by atoms with E-state index in [1.54, 1.807) is 53.1 Å². The molecule has 310 valence electrons. The number of nitriles is 1. The third-order valence-corrected chi connectivity index (χ3v) is 13.2. The van der Waals surface area contributed by atoms with E-state index in [0.29, 0.717) is 46.1 Å². The molecule has 0 aliphatic carbocycles. The highest BCUT2D eigenvalue weighted by Crippen LogP contribution is 2.33. The van der Waals surface area contributed by atoms with Crippen molar-refractivity contribution < 1.29 is 16.8 Å². The number of benzene rings is 4. The molecule has 4 aromatic carbocycles. The maximum absolute atomic E-state index is 13.0. The zero-order valence-electron chi connectivity index (χ0n) is 35.0. The first-order chi connectivity index (χ1) is 27.6. The molecule has 13 nitrogen and oxygen atoms in total. The van der Waals surface area contributed by atoms with Crippen molar-refractivity contribution in [1.29, 1.82) is 5.26 Å². The Hall–Kier alpha value is -5.12. The van der Waals surface area contributed by atoms with Gasteiger partial charge in [-0.05, 0) is 105 Å². The second-order valence-corrected chi connectivity index (χ2v) is 20.6. The highest BCUT2D eigenvalue weighted by atomic mass is 127. The number of rotatable bonds is 10. The van der Waals surface area contributed by atoms with E-state index in [0.717, 1.165) is 32.8 Å². The highest BCUT2D eigenvalue weighted by molar-refractivity contribution is 14.1. The number of nitrogens with one attached hydrogen (secondary N) is 2. The van der Waals surface area contributed by atoms with Crippen LogP contribution in [0.5, 0.6) is 0 Å². The molecule has 0 aliphatic heterocycles. The molecule has 0 spiro atoms. The Morgan fingerprint density at radius 2 is 1.00 bits per heavy atom. The quantitative estimate of drug-likeness (QED) is 0.127. The molecule has 6 rings (SSSR count). The first-order valence-electron chi connectivity index (χ1n) is 19.0. The van der Waals surface area contributed by atoms with Crippen molar-refractivity contribution >= 4 is 54.0 Å². The summed E-state index contributed by atoms with van der Waals surface area (Å²) in [7, 11) is -3.87. The van der Waals surface area contributed by atoms with Crippen LogP contribution in [0.2, 0.25) is 0 Å². The van der Waals surface area contributed by atoms with Gasteiger partial charge in [0.2, 0.25) is 0 Å². The van der Waals surface area contributed by atoms with Crippen molar-refractivity contribution in [2.24, 2.45) is 14.1 Å². The number of sulfonamides is 2. The Labute approximate surface area is 361 Å². The second-order valence-electron chi connectivity index (χ2n) is 16.0. The van der Waals surface area contributed by atoms with Crippen LogP contribution >= 0.6 is 22.6 Å². The van der Waals surface area contributed by atoms with Crippen LogP contribution in [0, 0.1) is 14.9 Å². The van der Waals surface area contributed by atoms with E-state index in [-0.39, 0.29) is 20.6 Å². The molecule has 2 aromatic heterocycles. The molecule has 0 saturated heterocycles. The Kier molecular flexibility index (Phi) is 13.4. The lowest BCUT2D eigenvalue weighted by atomic mass is 9.87. The SMILES string of the molecule is CCc1nnc(-c2cc(C#N)ccc2NS(=O)(=O)c2ccc(C(C)(C)C)cc2)n1C.CCc1nnc(-c2cc(I)ccc2NS(=O)(=O)c2ccc(C(C)(C)C)cc2)n1C. The minimum absolute atomic E-state index is 0.0405. The van der Waals surface area contributed by atoms with Crippen LogP contribution in [-0.4, -0.2) is 46.4 Å². The van der Waals surface area contributed by atoms with Crippen molar-refractivity contribution in [1.82, 2.24) is 29.5 Å². The first kappa shape index (κ1) is 45.0. The van der Waals surface area contributed by atoms with Crippen molar-refractivity contribution in [3.63, 3.8) is 0 Å². The second kappa shape index (κ2) is 17.6. The average Bonchev–Trinajstić information content (AvgIpc) is 3.75. The van der Waals surface area contributed by atoms with Gasteiger partial charge in [0.15, 0.2) is 11.6 Å². The zero-order chi connectivity index (χ0) is 43.5. The van der Waals surface area contributed by atoms with Gasteiger partial charge < -0.3 is 9.13 Å². The maximum atomic E-state index is 13.0. The average molecular weight is 948 g/mol. The van der Waals surface area contributed by atoms with Crippen molar-refractivity contribution in [3.05, 3.63) is 117 Å². The summed E-state index contributed by atoms with van der Waals surface area (Å²) in [6, 6.07) is 26.2. The predicted molar refractivity (Wildman–Crippen MR) is 241 cm³/mol. The standard InChI is InChI=1S/C22H25N5O2S.C21H25IN4O2S/c1-6-20-24-25-21(27(20)5)18-13-15(14-23)7-12-19(18)26-30(28,29)17-10-8-16(9-11-17)22(2,3)4;1-6-19-23-24-20(26(19)5)17-13-15(22)9-12-18(17)25-29(27,28)16-10-7-14(8-11-16)21(2,3)4/h7-13,26H,6H2,1-5H3;7-13,25H,6H2,1-5H3. The van der Waals surface area contributed by atoms with E-state index in [2.05, 4.69) is 100 Å². The lowest BCUT2D eigenvalue weighted by molar-refractivity contribution is 0.587. The molecule has 0 radical (unpaired) electrons. The van der Waals surface area contributed by atoms with Gasteiger partial charge in [0.1, 0.15) is 11.6 Å². The Bertz CT molecular complexity index is 2720. The van der Waals surface area contributed by atoms with Gasteiger partial charge in [-0.15, -0.1) is 20.4 Å². The van der Waals surface area contributed by atoms with Crippen molar-refractivity contribution in [2.75, 3.05) is 9.44 Å². The summed E-state index contributed by atoms with van der Waals surface area (Å²) in [5.41, 5.74) is 4.43. The number of aryl methyl sites for hydroxylation is 2. The molecule has 0 bridgehead atoms. The molecule has 16 heteroatoms. The molecule has 2 N–H and O–H groups in total. The highest BCUT2D eigenvalue weighted by Gasteiger charge is 2.23. The lowest BCUT2D eigenvalue weighted by Gasteiger charge is -2.19. The lowest BCUT2D eigenvalue weighted by Crippen LogP contribution is -2.15. The molecular formula is C43H50IN9O4S2. The molecule has 0 unspecified atom stereocenters. The monoisotopic (exact) mass is 947 g/mol. The van der Waals surface area contributed by atoms with Crippen molar-refractivity contribution in [2.45, 2.75) is 88.9 Å². The Morgan fingerprint density at radius 3 is 1.36 bits per heavy atom. The number of aromatic nitrogens is 6. The molecule has 0 aliphatic rings. The fourth-order valence-corrected chi connectivity index (χ4v) is 8.81. The smallest absolute Gasteiger partial charge is 0.261 e. The summed E-state index contributed by atoms with van der Waals surface area (Å²) in [5, 5.41) is 26.1. The van der Waals surface area contributed by atoms with Gasteiger partial charge in [-0.2, -0.15) is 5.26 Å². The normalized spacial score (nSPS) is 12.0. The van der Waals surface area contributed by atoms with Gasteiger partial charge in [-0.25, -0.2) is 16.8 Å². The number of nitrogens with zero attached hydrogens (tertiary/aromatic N) is 7. The summed E-state index contributed by atoms with van der Waals surface area (Å²) in [4.78, 5) is 0.389. The van der Waals surface area contributed by atoms with Crippen LogP contribution in [0.1, 0.15) is 83.7 Å². The summed E-state index contributed by atoms with van der Waals surface area (Å²) < 4.78 is 62.1. The van der Waals surface area contributed by atoms with Gasteiger partial charge in [-0.1, -0.05) is 79.7 Å². The van der Waals surface area contributed by atoms with E-state index in [1.807, 2.05) is 68.9 Å². The molecule has 0 fully saturated rings. The number of halogens is 1.